The standard InChI is InChI=1S/C15H24N2O2S/c1-12(2)17(11-13-7-3-6-10-15(13)16)20(18,19)14-8-4-5-9-14/h3,6-7,10,12,14H,4-5,8-9,11,16H2,1-2H3. The molecule has 2 N–H and O–H groups in total. The number of nitrogen functional groups attached to an aromatic ring is 1. The molecule has 4 nitrogen and oxygen atoms in total. The lowest BCUT2D eigenvalue weighted by Gasteiger charge is -2.29. The summed E-state index contributed by atoms with van der Waals surface area (Å²) in [7, 11) is -3.24. The average Bonchev–Trinajstić information content (AvgIpc) is 2.91. The van der Waals surface area contributed by atoms with Crippen LogP contribution in [0.1, 0.15) is 45.1 Å². The molecule has 1 aliphatic rings. The summed E-state index contributed by atoms with van der Waals surface area (Å²) in [5.74, 6) is 0. The van der Waals surface area contributed by atoms with Crippen LogP contribution in [0.15, 0.2) is 24.3 Å². The van der Waals surface area contributed by atoms with Gasteiger partial charge in [0.1, 0.15) is 0 Å². The predicted octanol–water partition coefficient (Wildman–Crippen LogP) is 2.75. The molecule has 1 fully saturated rings. The summed E-state index contributed by atoms with van der Waals surface area (Å²) >= 11 is 0. The molecule has 0 aromatic heterocycles. The van der Waals surface area contributed by atoms with E-state index in [4.69, 9.17) is 5.73 Å². The van der Waals surface area contributed by atoms with E-state index in [0.29, 0.717) is 12.2 Å². The Hall–Kier alpha value is -1.07. The summed E-state index contributed by atoms with van der Waals surface area (Å²) in [5.41, 5.74) is 7.47. The second-order valence-corrected chi connectivity index (χ2v) is 7.95. The van der Waals surface area contributed by atoms with Crippen LogP contribution in [0, 0.1) is 0 Å². The van der Waals surface area contributed by atoms with Crippen molar-refractivity contribution in [3.63, 3.8) is 0 Å². The summed E-state index contributed by atoms with van der Waals surface area (Å²) in [6.45, 7) is 4.21. The molecule has 0 spiro atoms. The number of rotatable bonds is 5. The van der Waals surface area contributed by atoms with Gasteiger partial charge >= 0.3 is 0 Å². The zero-order valence-corrected chi connectivity index (χ0v) is 13.1. The van der Waals surface area contributed by atoms with Crippen LogP contribution in [-0.2, 0) is 16.6 Å². The summed E-state index contributed by atoms with van der Waals surface area (Å²) in [6, 6.07) is 7.42. The van der Waals surface area contributed by atoms with Crippen molar-refractivity contribution in [2.24, 2.45) is 0 Å². The normalized spacial score (nSPS) is 17.2. The van der Waals surface area contributed by atoms with Crippen molar-refractivity contribution < 1.29 is 8.42 Å². The Morgan fingerprint density at radius 1 is 1.25 bits per heavy atom. The van der Waals surface area contributed by atoms with Crippen LogP contribution in [0.25, 0.3) is 0 Å². The Kier molecular flexibility index (Phi) is 4.70. The molecule has 0 atom stereocenters. The van der Waals surface area contributed by atoms with E-state index >= 15 is 0 Å². The van der Waals surface area contributed by atoms with Gasteiger partial charge in [0.25, 0.3) is 0 Å². The topological polar surface area (TPSA) is 63.4 Å². The van der Waals surface area contributed by atoms with Crippen LogP contribution in [0.3, 0.4) is 0 Å². The van der Waals surface area contributed by atoms with Gasteiger partial charge in [0.15, 0.2) is 0 Å². The fourth-order valence-electron chi connectivity index (χ4n) is 2.79. The minimum Gasteiger partial charge on any atom is -0.398 e. The Bertz CT molecular complexity index is 549. The van der Waals surface area contributed by atoms with Crippen molar-refractivity contribution in [2.45, 2.75) is 57.4 Å². The number of benzene rings is 1. The largest absolute Gasteiger partial charge is 0.398 e. The number of anilines is 1. The highest BCUT2D eigenvalue weighted by Crippen LogP contribution is 2.29. The Balaban J connectivity index is 2.25. The van der Waals surface area contributed by atoms with Crippen LogP contribution in [0.5, 0.6) is 0 Å². The molecule has 112 valence electrons. The summed E-state index contributed by atoms with van der Waals surface area (Å²) < 4.78 is 27.2. The SMILES string of the molecule is CC(C)N(Cc1ccccc1N)S(=O)(=O)C1CCCC1. The van der Waals surface area contributed by atoms with Crippen LogP contribution in [0.4, 0.5) is 5.69 Å². The molecular formula is C15H24N2O2S. The van der Waals surface area contributed by atoms with Gasteiger partial charge in [0.05, 0.1) is 5.25 Å². The van der Waals surface area contributed by atoms with Gasteiger partial charge in [-0.05, 0) is 38.3 Å². The fourth-order valence-corrected chi connectivity index (χ4v) is 5.01. The monoisotopic (exact) mass is 296 g/mol. The van der Waals surface area contributed by atoms with E-state index in [0.717, 1.165) is 31.2 Å². The smallest absolute Gasteiger partial charge is 0.217 e. The molecule has 1 aromatic rings. The van der Waals surface area contributed by atoms with Crippen molar-refractivity contribution in [1.29, 1.82) is 0 Å². The van der Waals surface area contributed by atoms with Crippen molar-refractivity contribution in [3.05, 3.63) is 29.8 Å². The molecule has 1 saturated carbocycles. The molecular weight excluding hydrogens is 272 g/mol. The minimum atomic E-state index is -3.24. The molecule has 5 heteroatoms. The summed E-state index contributed by atoms with van der Waals surface area (Å²) in [4.78, 5) is 0. The highest BCUT2D eigenvalue weighted by atomic mass is 32.2. The van der Waals surface area contributed by atoms with E-state index in [1.165, 1.54) is 0 Å². The highest BCUT2D eigenvalue weighted by molar-refractivity contribution is 7.89. The molecule has 0 amide bonds. The number of para-hydroxylation sites is 1. The van der Waals surface area contributed by atoms with Gasteiger partial charge in [0, 0.05) is 18.3 Å². The Labute approximate surface area is 122 Å². The van der Waals surface area contributed by atoms with Gasteiger partial charge in [-0.1, -0.05) is 31.0 Å². The van der Waals surface area contributed by atoms with Crippen LogP contribution in [-0.4, -0.2) is 24.0 Å². The first-order valence-electron chi connectivity index (χ1n) is 7.27. The van der Waals surface area contributed by atoms with Gasteiger partial charge in [-0.15, -0.1) is 0 Å². The minimum absolute atomic E-state index is 0.0554. The number of hydrogen-bond donors (Lipinski definition) is 1. The second-order valence-electron chi connectivity index (χ2n) is 5.79. The molecule has 1 aromatic carbocycles. The molecule has 0 bridgehead atoms. The average molecular weight is 296 g/mol. The lowest BCUT2D eigenvalue weighted by atomic mass is 10.2. The maximum absolute atomic E-state index is 12.8. The Morgan fingerprint density at radius 2 is 1.85 bits per heavy atom. The Morgan fingerprint density at radius 3 is 2.40 bits per heavy atom. The molecule has 0 saturated heterocycles. The van der Waals surface area contributed by atoms with Crippen LogP contribution in [0.2, 0.25) is 0 Å². The third-order valence-electron chi connectivity index (χ3n) is 4.01. The predicted molar refractivity (Wildman–Crippen MR) is 82.7 cm³/mol. The fraction of sp³-hybridized carbons (Fsp3) is 0.600. The molecule has 0 unspecified atom stereocenters. The molecule has 2 rings (SSSR count). The third-order valence-corrected chi connectivity index (χ3v) is 6.53. The molecule has 0 heterocycles. The van der Waals surface area contributed by atoms with Crippen LogP contribution < -0.4 is 5.73 Å². The number of hydrogen-bond acceptors (Lipinski definition) is 3. The molecule has 20 heavy (non-hydrogen) atoms. The quantitative estimate of drug-likeness (QED) is 0.850. The molecule has 0 radical (unpaired) electrons. The van der Waals surface area contributed by atoms with E-state index in [1.807, 2.05) is 38.1 Å². The third kappa shape index (κ3) is 3.15. The zero-order chi connectivity index (χ0) is 14.8. The summed E-state index contributed by atoms with van der Waals surface area (Å²) in [6.07, 6.45) is 3.61. The zero-order valence-electron chi connectivity index (χ0n) is 12.2. The van der Waals surface area contributed by atoms with E-state index in [2.05, 4.69) is 0 Å². The maximum Gasteiger partial charge on any atom is 0.217 e. The number of nitrogens with two attached hydrogens (primary N) is 1. The highest BCUT2D eigenvalue weighted by Gasteiger charge is 2.35. The molecule has 0 aliphatic heterocycles. The maximum atomic E-state index is 12.8. The molecule has 1 aliphatic carbocycles. The van der Waals surface area contributed by atoms with Gasteiger partial charge in [-0.2, -0.15) is 4.31 Å². The van der Waals surface area contributed by atoms with E-state index in [9.17, 15) is 8.42 Å². The van der Waals surface area contributed by atoms with Gasteiger partial charge in [0.2, 0.25) is 10.0 Å². The van der Waals surface area contributed by atoms with Gasteiger partial charge in [-0.25, -0.2) is 8.42 Å². The first-order valence-corrected chi connectivity index (χ1v) is 8.77. The summed E-state index contributed by atoms with van der Waals surface area (Å²) in [5, 5.41) is -0.213. The van der Waals surface area contributed by atoms with Gasteiger partial charge in [-0.3, -0.25) is 0 Å². The van der Waals surface area contributed by atoms with E-state index in [1.54, 1.807) is 4.31 Å². The number of nitrogens with zero attached hydrogens (tertiary/aromatic N) is 1. The van der Waals surface area contributed by atoms with Crippen molar-refractivity contribution in [1.82, 2.24) is 4.31 Å². The van der Waals surface area contributed by atoms with Crippen molar-refractivity contribution in [2.75, 3.05) is 5.73 Å². The van der Waals surface area contributed by atoms with Gasteiger partial charge < -0.3 is 5.73 Å². The van der Waals surface area contributed by atoms with E-state index < -0.39 is 10.0 Å². The van der Waals surface area contributed by atoms with Crippen LogP contribution >= 0.6 is 0 Å². The van der Waals surface area contributed by atoms with Crippen molar-refractivity contribution in [3.8, 4) is 0 Å². The second kappa shape index (κ2) is 6.14. The first kappa shape index (κ1) is 15.3. The lowest BCUT2D eigenvalue weighted by molar-refractivity contribution is 0.343. The first-order chi connectivity index (χ1) is 9.43. The van der Waals surface area contributed by atoms with Crippen molar-refractivity contribution >= 4 is 15.7 Å². The lowest BCUT2D eigenvalue weighted by Crippen LogP contribution is -2.41. The number of sulfonamides is 1. The van der Waals surface area contributed by atoms with E-state index in [-0.39, 0.29) is 11.3 Å².